The minimum atomic E-state index is -0.316. The van der Waals surface area contributed by atoms with Gasteiger partial charge in [-0.1, -0.05) is 0 Å². The van der Waals surface area contributed by atoms with Crippen LogP contribution in [0.4, 0.5) is 0 Å². The van der Waals surface area contributed by atoms with Crippen LogP contribution in [0, 0.1) is 3.57 Å². The van der Waals surface area contributed by atoms with Crippen molar-refractivity contribution in [3.05, 3.63) is 20.3 Å². The minimum absolute atomic E-state index is 0.173. The Morgan fingerprint density at radius 2 is 2.44 bits per heavy atom. The van der Waals surface area contributed by atoms with E-state index in [1.807, 2.05) is 0 Å². The first-order valence-corrected chi connectivity index (χ1v) is 6.24. The second kappa shape index (κ2) is 5.13. The molecule has 1 aromatic rings. The van der Waals surface area contributed by atoms with Gasteiger partial charge in [0.05, 0.1) is 10.7 Å². The maximum absolute atomic E-state index is 11.7. The van der Waals surface area contributed by atoms with Crippen LogP contribution >= 0.6 is 22.6 Å². The lowest BCUT2D eigenvalue weighted by atomic mass is 10.2. The summed E-state index contributed by atoms with van der Waals surface area (Å²) in [5.74, 6) is 0.373. The third kappa shape index (κ3) is 2.37. The lowest BCUT2D eigenvalue weighted by molar-refractivity contribution is -0.0351. The number of nitrogens with zero attached hydrogens (tertiary/aromatic N) is 2. The van der Waals surface area contributed by atoms with E-state index in [9.17, 15) is 4.79 Å². The number of hydrogen-bond donors (Lipinski definition) is 0. The summed E-state index contributed by atoms with van der Waals surface area (Å²) in [5.41, 5.74) is -0.316. The Kier molecular flexibility index (Phi) is 3.80. The molecule has 1 fully saturated rings. The van der Waals surface area contributed by atoms with E-state index in [4.69, 9.17) is 9.47 Å². The van der Waals surface area contributed by atoms with Crippen molar-refractivity contribution in [2.45, 2.75) is 25.5 Å². The Balaban J connectivity index is 2.33. The quantitative estimate of drug-likeness (QED) is 0.769. The van der Waals surface area contributed by atoms with Gasteiger partial charge in [0.2, 0.25) is 5.88 Å². The zero-order valence-electron chi connectivity index (χ0n) is 8.98. The molecule has 1 aromatic heterocycles. The summed E-state index contributed by atoms with van der Waals surface area (Å²) in [5, 5.41) is 0. The second-order valence-corrected chi connectivity index (χ2v) is 4.77. The highest BCUT2D eigenvalue weighted by atomic mass is 127. The van der Waals surface area contributed by atoms with Crippen molar-refractivity contribution in [2.24, 2.45) is 0 Å². The largest absolute Gasteiger partial charge is 0.480 e. The molecule has 2 heterocycles. The summed E-state index contributed by atoms with van der Waals surface area (Å²) < 4.78 is 12.9. The molecule has 0 aromatic carbocycles. The van der Waals surface area contributed by atoms with Gasteiger partial charge >= 0.3 is 5.69 Å². The van der Waals surface area contributed by atoms with E-state index in [1.54, 1.807) is 10.8 Å². The predicted molar refractivity (Wildman–Crippen MR) is 66.6 cm³/mol. The highest BCUT2D eigenvalue weighted by Gasteiger charge is 2.18. The molecular weight excluding hydrogens is 323 g/mol. The monoisotopic (exact) mass is 336 g/mol. The Morgan fingerprint density at radius 3 is 3.06 bits per heavy atom. The highest BCUT2D eigenvalue weighted by Crippen LogP contribution is 2.23. The molecule has 5 nitrogen and oxygen atoms in total. The van der Waals surface area contributed by atoms with Gasteiger partial charge in [-0.2, -0.15) is 4.98 Å². The van der Waals surface area contributed by atoms with Crippen LogP contribution in [0.5, 0.6) is 5.88 Å². The van der Waals surface area contributed by atoms with Crippen molar-refractivity contribution in [2.75, 3.05) is 13.7 Å². The van der Waals surface area contributed by atoms with E-state index < -0.39 is 0 Å². The van der Waals surface area contributed by atoms with E-state index in [2.05, 4.69) is 27.6 Å². The van der Waals surface area contributed by atoms with Gasteiger partial charge in [0.1, 0.15) is 6.23 Å². The summed E-state index contributed by atoms with van der Waals surface area (Å²) >= 11 is 2.10. The van der Waals surface area contributed by atoms with Crippen LogP contribution < -0.4 is 10.4 Å². The first-order valence-electron chi connectivity index (χ1n) is 5.16. The Hall–Kier alpha value is -0.630. The molecule has 2 rings (SSSR count). The molecule has 16 heavy (non-hydrogen) atoms. The van der Waals surface area contributed by atoms with Crippen molar-refractivity contribution >= 4 is 22.6 Å². The van der Waals surface area contributed by atoms with Crippen LogP contribution in [0.25, 0.3) is 0 Å². The Labute approximate surface area is 107 Å². The van der Waals surface area contributed by atoms with E-state index in [0.29, 0.717) is 12.5 Å². The number of aromatic nitrogens is 2. The Bertz CT molecular complexity index is 427. The maximum Gasteiger partial charge on any atom is 0.353 e. The van der Waals surface area contributed by atoms with Crippen molar-refractivity contribution in [3.8, 4) is 5.88 Å². The van der Waals surface area contributed by atoms with Crippen LogP contribution in [-0.2, 0) is 4.74 Å². The van der Waals surface area contributed by atoms with Crippen LogP contribution in [0.2, 0.25) is 0 Å². The van der Waals surface area contributed by atoms with Gasteiger partial charge in [0.15, 0.2) is 0 Å². The number of hydrogen-bond acceptors (Lipinski definition) is 4. The van der Waals surface area contributed by atoms with Crippen molar-refractivity contribution in [1.29, 1.82) is 0 Å². The fourth-order valence-electron chi connectivity index (χ4n) is 1.72. The molecule has 0 amide bonds. The fraction of sp³-hybridized carbons (Fsp3) is 0.600. The predicted octanol–water partition coefficient (Wildman–Crippen LogP) is 1.56. The summed E-state index contributed by atoms with van der Waals surface area (Å²) in [6, 6.07) is 0. The molecule has 0 bridgehead atoms. The van der Waals surface area contributed by atoms with Crippen LogP contribution in [-0.4, -0.2) is 23.3 Å². The SMILES string of the molecule is COc1nc(=O)n(C2CCCCO2)cc1I. The molecular formula is C10H13IN2O3. The van der Waals surface area contributed by atoms with E-state index in [-0.39, 0.29) is 11.9 Å². The standard InChI is InChI=1S/C10H13IN2O3/c1-15-9-7(11)6-13(10(14)12-9)8-4-2-3-5-16-8/h6,8H,2-5H2,1H3. The topological polar surface area (TPSA) is 53.3 Å². The molecule has 0 saturated carbocycles. The average molecular weight is 336 g/mol. The smallest absolute Gasteiger partial charge is 0.353 e. The average Bonchev–Trinajstić information content (AvgIpc) is 2.32. The molecule has 0 N–H and O–H groups in total. The van der Waals surface area contributed by atoms with Gasteiger partial charge in [-0.3, -0.25) is 4.57 Å². The summed E-state index contributed by atoms with van der Waals surface area (Å²) in [7, 11) is 1.51. The highest BCUT2D eigenvalue weighted by molar-refractivity contribution is 14.1. The zero-order chi connectivity index (χ0) is 11.5. The summed E-state index contributed by atoms with van der Waals surface area (Å²) in [4.78, 5) is 15.6. The number of ether oxygens (including phenoxy) is 2. The van der Waals surface area contributed by atoms with Gasteiger partial charge < -0.3 is 9.47 Å². The molecule has 1 saturated heterocycles. The molecule has 0 aliphatic carbocycles. The van der Waals surface area contributed by atoms with Crippen LogP contribution in [0.15, 0.2) is 11.0 Å². The lowest BCUT2D eigenvalue weighted by Crippen LogP contribution is -2.30. The van der Waals surface area contributed by atoms with Gasteiger partial charge in [-0.05, 0) is 41.9 Å². The van der Waals surface area contributed by atoms with Crippen molar-refractivity contribution in [1.82, 2.24) is 9.55 Å². The lowest BCUT2D eigenvalue weighted by Gasteiger charge is -2.24. The van der Waals surface area contributed by atoms with Crippen molar-refractivity contribution < 1.29 is 9.47 Å². The molecule has 88 valence electrons. The normalized spacial score (nSPS) is 20.8. The van der Waals surface area contributed by atoms with E-state index >= 15 is 0 Å². The van der Waals surface area contributed by atoms with E-state index in [1.165, 1.54) is 7.11 Å². The molecule has 1 aliphatic heterocycles. The molecule has 0 radical (unpaired) electrons. The van der Waals surface area contributed by atoms with Gasteiger partial charge in [0.25, 0.3) is 0 Å². The van der Waals surface area contributed by atoms with Crippen LogP contribution in [0.3, 0.4) is 0 Å². The van der Waals surface area contributed by atoms with Gasteiger partial charge in [-0.25, -0.2) is 4.79 Å². The molecule has 1 atom stereocenters. The molecule has 6 heteroatoms. The van der Waals surface area contributed by atoms with E-state index in [0.717, 1.165) is 22.8 Å². The first-order chi connectivity index (χ1) is 7.72. The third-order valence-electron chi connectivity index (χ3n) is 2.53. The van der Waals surface area contributed by atoms with Gasteiger partial charge in [0, 0.05) is 12.8 Å². The summed E-state index contributed by atoms with van der Waals surface area (Å²) in [6.07, 6.45) is 4.58. The first kappa shape index (κ1) is 11.8. The number of rotatable bonds is 2. The number of methoxy groups -OCH3 is 1. The van der Waals surface area contributed by atoms with Gasteiger partial charge in [-0.15, -0.1) is 0 Å². The number of halogens is 1. The van der Waals surface area contributed by atoms with Crippen LogP contribution in [0.1, 0.15) is 25.5 Å². The Morgan fingerprint density at radius 1 is 1.62 bits per heavy atom. The zero-order valence-corrected chi connectivity index (χ0v) is 11.1. The molecule has 1 aliphatic rings. The fourth-order valence-corrected chi connectivity index (χ4v) is 2.36. The third-order valence-corrected chi connectivity index (χ3v) is 3.27. The minimum Gasteiger partial charge on any atom is -0.480 e. The summed E-state index contributed by atoms with van der Waals surface area (Å²) in [6.45, 7) is 0.708. The molecule has 0 spiro atoms. The maximum atomic E-state index is 11.7. The van der Waals surface area contributed by atoms with Crippen molar-refractivity contribution in [3.63, 3.8) is 0 Å². The second-order valence-electron chi connectivity index (χ2n) is 3.61. The molecule has 1 unspecified atom stereocenters.